The van der Waals surface area contributed by atoms with E-state index in [1.54, 1.807) is 11.8 Å². The molecule has 1 heterocycles. The Labute approximate surface area is 138 Å². The highest BCUT2D eigenvalue weighted by Crippen LogP contribution is 2.18. The van der Waals surface area contributed by atoms with Gasteiger partial charge < -0.3 is 9.64 Å². The standard InChI is InChI=1S/C16H24N2O4S/c1-3-14-7-5-6-8-15(14)22-13-16(19)17-9-11-18(12-10-17)23(20,21)4-2/h5-8H,3-4,9-13H2,1-2H3. The van der Waals surface area contributed by atoms with Crippen LogP contribution < -0.4 is 4.74 Å². The second-order valence-corrected chi connectivity index (χ2v) is 7.69. The summed E-state index contributed by atoms with van der Waals surface area (Å²) in [6.07, 6.45) is 0.845. The molecule has 0 radical (unpaired) electrons. The van der Waals surface area contributed by atoms with Crippen LogP contribution in [0.5, 0.6) is 5.75 Å². The van der Waals surface area contributed by atoms with Gasteiger partial charge in [0.15, 0.2) is 6.61 Å². The predicted molar refractivity (Wildman–Crippen MR) is 88.9 cm³/mol. The molecule has 1 aliphatic heterocycles. The van der Waals surface area contributed by atoms with E-state index >= 15 is 0 Å². The van der Waals surface area contributed by atoms with E-state index in [1.807, 2.05) is 31.2 Å². The summed E-state index contributed by atoms with van der Waals surface area (Å²) < 4.78 is 30.7. The first-order chi connectivity index (χ1) is 11.0. The fourth-order valence-corrected chi connectivity index (χ4v) is 3.65. The minimum absolute atomic E-state index is 0.0163. The molecule has 0 bridgehead atoms. The van der Waals surface area contributed by atoms with E-state index in [2.05, 4.69) is 0 Å². The van der Waals surface area contributed by atoms with Crippen LogP contribution in [-0.2, 0) is 21.2 Å². The van der Waals surface area contributed by atoms with E-state index < -0.39 is 10.0 Å². The minimum Gasteiger partial charge on any atom is -0.483 e. The summed E-state index contributed by atoms with van der Waals surface area (Å²) in [6, 6.07) is 7.67. The molecule has 0 aromatic heterocycles. The highest BCUT2D eigenvalue weighted by molar-refractivity contribution is 7.89. The van der Waals surface area contributed by atoms with Crippen LogP contribution in [-0.4, -0.2) is 62.1 Å². The average molecular weight is 340 g/mol. The number of ether oxygens (including phenoxy) is 1. The maximum Gasteiger partial charge on any atom is 0.260 e. The molecule has 1 aliphatic rings. The summed E-state index contributed by atoms with van der Waals surface area (Å²) in [5.41, 5.74) is 1.07. The summed E-state index contributed by atoms with van der Waals surface area (Å²) in [4.78, 5) is 13.9. The Kier molecular flexibility index (Phi) is 6.01. The lowest BCUT2D eigenvalue weighted by Gasteiger charge is -2.33. The number of nitrogens with zero attached hydrogens (tertiary/aromatic N) is 2. The summed E-state index contributed by atoms with van der Waals surface area (Å²) in [5, 5.41) is 0. The van der Waals surface area contributed by atoms with Crippen LogP contribution >= 0.6 is 0 Å². The van der Waals surface area contributed by atoms with Gasteiger partial charge in [-0.1, -0.05) is 25.1 Å². The van der Waals surface area contributed by atoms with Gasteiger partial charge in [0.05, 0.1) is 5.75 Å². The predicted octanol–water partition coefficient (Wildman–Crippen LogP) is 1.12. The van der Waals surface area contributed by atoms with Gasteiger partial charge >= 0.3 is 0 Å². The fourth-order valence-electron chi connectivity index (χ4n) is 2.57. The highest BCUT2D eigenvalue weighted by Gasteiger charge is 2.27. The molecular weight excluding hydrogens is 316 g/mol. The number of sulfonamides is 1. The van der Waals surface area contributed by atoms with Crippen LogP contribution in [0.3, 0.4) is 0 Å². The number of hydrogen-bond acceptors (Lipinski definition) is 4. The lowest BCUT2D eigenvalue weighted by molar-refractivity contribution is -0.134. The SMILES string of the molecule is CCc1ccccc1OCC(=O)N1CCN(S(=O)(=O)CC)CC1. The Hall–Kier alpha value is -1.60. The van der Waals surface area contributed by atoms with E-state index in [4.69, 9.17) is 4.74 Å². The second kappa shape index (κ2) is 7.79. The van der Waals surface area contributed by atoms with E-state index in [-0.39, 0.29) is 18.3 Å². The molecule has 0 aliphatic carbocycles. The maximum atomic E-state index is 12.2. The van der Waals surface area contributed by atoms with Crippen LogP contribution in [0.2, 0.25) is 0 Å². The molecule has 0 atom stereocenters. The smallest absolute Gasteiger partial charge is 0.260 e. The number of para-hydroxylation sites is 1. The number of benzene rings is 1. The number of rotatable bonds is 6. The molecule has 2 rings (SSSR count). The van der Waals surface area contributed by atoms with Crippen molar-refractivity contribution in [3.8, 4) is 5.75 Å². The summed E-state index contributed by atoms with van der Waals surface area (Å²) in [5.74, 6) is 0.720. The third-order valence-electron chi connectivity index (χ3n) is 4.05. The van der Waals surface area contributed by atoms with E-state index in [1.165, 1.54) is 4.31 Å². The van der Waals surface area contributed by atoms with Gasteiger partial charge in [-0.2, -0.15) is 4.31 Å². The monoisotopic (exact) mass is 340 g/mol. The molecule has 1 saturated heterocycles. The largest absolute Gasteiger partial charge is 0.483 e. The second-order valence-electron chi connectivity index (χ2n) is 5.43. The van der Waals surface area contributed by atoms with Gasteiger partial charge in [-0.3, -0.25) is 4.79 Å². The van der Waals surface area contributed by atoms with Gasteiger partial charge in [0.1, 0.15) is 5.75 Å². The summed E-state index contributed by atoms with van der Waals surface area (Å²) >= 11 is 0. The average Bonchev–Trinajstić information content (AvgIpc) is 2.60. The minimum atomic E-state index is -3.17. The van der Waals surface area contributed by atoms with Crippen LogP contribution in [0, 0.1) is 0 Å². The van der Waals surface area contributed by atoms with Crippen molar-refractivity contribution in [2.24, 2.45) is 0 Å². The molecule has 1 amide bonds. The van der Waals surface area contributed by atoms with Crippen LogP contribution in [0.1, 0.15) is 19.4 Å². The molecule has 128 valence electrons. The topological polar surface area (TPSA) is 66.9 Å². The van der Waals surface area contributed by atoms with Crippen LogP contribution in [0.15, 0.2) is 24.3 Å². The number of carbonyl (C=O) groups is 1. The number of carbonyl (C=O) groups excluding carboxylic acids is 1. The van der Waals surface area contributed by atoms with E-state index in [0.717, 1.165) is 17.7 Å². The molecule has 1 aromatic carbocycles. The van der Waals surface area contributed by atoms with Gasteiger partial charge in [-0.15, -0.1) is 0 Å². The van der Waals surface area contributed by atoms with Gasteiger partial charge in [-0.05, 0) is 25.0 Å². The van der Waals surface area contributed by atoms with Crippen LogP contribution in [0.4, 0.5) is 0 Å². The molecule has 7 heteroatoms. The summed E-state index contributed by atoms with van der Waals surface area (Å²) in [7, 11) is -3.17. The van der Waals surface area contributed by atoms with Gasteiger partial charge in [-0.25, -0.2) is 8.42 Å². The van der Waals surface area contributed by atoms with Crippen molar-refractivity contribution >= 4 is 15.9 Å². The first-order valence-corrected chi connectivity index (χ1v) is 9.55. The van der Waals surface area contributed by atoms with Crippen molar-refractivity contribution in [2.45, 2.75) is 20.3 Å². The first kappa shape index (κ1) is 17.7. The van der Waals surface area contributed by atoms with E-state index in [0.29, 0.717) is 26.2 Å². The molecule has 23 heavy (non-hydrogen) atoms. The third-order valence-corrected chi connectivity index (χ3v) is 5.94. The molecule has 0 N–H and O–H groups in total. The number of aryl methyl sites for hydroxylation is 1. The Morgan fingerprint density at radius 1 is 1.13 bits per heavy atom. The third kappa shape index (κ3) is 4.45. The molecular formula is C16H24N2O4S. The quantitative estimate of drug-likeness (QED) is 0.778. The van der Waals surface area contributed by atoms with Crippen molar-refractivity contribution in [1.29, 1.82) is 0 Å². The van der Waals surface area contributed by atoms with Crippen molar-refractivity contribution in [2.75, 3.05) is 38.5 Å². The highest BCUT2D eigenvalue weighted by atomic mass is 32.2. The molecule has 0 saturated carbocycles. The lowest BCUT2D eigenvalue weighted by atomic mass is 10.1. The van der Waals surface area contributed by atoms with Crippen molar-refractivity contribution < 1.29 is 17.9 Å². The van der Waals surface area contributed by atoms with Crippen LogP contribution in [0.25, 0.3) is 0 Å². The Morgan fingerprint density at radius 3 is 2.39 bits per heavy atom. The lowest BCUT2D eigenvalue weighted by Crippen LogP contribution is -2.51. The van der Waals surface area contributed by atoms with Crippen molar-refractivity contribution in [1.82, 2.24) is 9.21 Å². The Morgan fingerprint density at radius 2 is 1.78 bits per heavy atom. The molecule has 0 spiro atoms. The van der Waals surface area contributed by atoms with Gasteiger partial charge in [0.2, 0.25) is 10.0 Å². The zero-order valence-electron chi connectivity index (χ0n) is 13.7. The van der Waals surface area contributed by atoms with Crippen molar-refractivity contribution in [3.05, 3.63) is 29.8 Å². The normalized spacial score (nSPS) is 16.3. The van der Waals surface area contributed by atoms with Gasteiger partial charge in [0, 0.05) is 26.2 Å². The number of amides is 1. The zero-order chi connectivity index (χ0) is 16.9. The zero-order valence-corrected chi connectivity index (χ0v) is 14.5. The molecule has 1 fully saturated rings. The number of hydrogen-bond donors (Lipinski definition) is 0. The Balaban J connectivity index is 1.86. The first-order valence-electron chi connectivity index (χ1n) is 7.94. The van der Waals surface area contributed by atoms with Crippen molar-refractivity contribution in [3.63, 3.8) is 0 Å². The van der Waals surface area contributed by atoms with Gasteiger partial charge in [0.25, 0.3) is 5.91 Å². The Bertz CT molecular complexity index is 637. The molecule has 0 unspecified atom stereocenters. The maximum absolute atomic E-state index is 12.2. The summed E-state index contributed by atoms with van der Waals surface area (Å²) in [6.45, 7) is 5.19. The van der Waals surface area contributed by atoms with E-state index in [9.17, 15) is 13.2 Å². The molecule has 6 nitrogen and oxygen atoms in total. The molecule has 1 aromatic rings. The fraction of sp³-hybridized carbons (Fsp3) is 0.562. The number of piperazine rings is 1.